The van der Waals surface area contributed by atoms with Gasteiger partial charge in [0.2, 0.25) is 0 Å². The van der Waals surface area contributed by atoms with Crippen LogP contribution in [-0.4, -0.2) is 24.7 Å². The Hall–Kier alpha value is -1.07. The van der Waals surface area contributed by atoms with Gasteiger partial charge in [0.1, 0.15) is 5.75 Å². The first-order valence-electron chi connectivity index (χ1n) is 4.40. The lowest BCUT2D eigenvalue weighted by Crippen LogP contribution is -2.24. The average molecular weight is 274 g/mol. The van der Waals surface area contributed by atoms with Crippen LogP contribution in [0.15, 0.2) is 22.7 Å². The van der Waals surface area contributed by atoms with Crippen LogP contribution in [0.25, 0.3) is 0 Å². The molecule has 0 aliphatic heterocycles. The molecule has 1 amide bonds. The third-order valence-electron chi connectivity index (χ3n) is 1.84. The van der Waals surface area contributed by atoms with Gasteiger partial charge in [0.05, 0.1) is 6.61 Å². The molecule has 1 aromatic rings. The Bertz CT molecular complexity index is 355. The number of likely N-dealkylation sites (N-methyl/N-ethyl adjacent to an activating group) is 1. The third-order valence-corrected chi connectivity index (χ3v) is 2.61. The molecule has 0 fully saturated rings. The van der Waals surface area contributed by atoms with Crippen LogP contribution >= 0.6 is 15.9 Å². The van der Waals surface area contributed by atoms with Gasteiger partial charge in [0.15, 0.2) is 6.61 Å². The van der Waals surface area contributed by atoms with Crippen molar-refractivity contribution < 1.29 is 14.6 Å². The molecule has 1 aromatic carbocycles. The summed E-state index contributed by atoms with van der Waals surface area (Å²) in [6.45, 7) is -0.0965. The first kappa shape index (κ1) is 12.0. The van der Waals surface area contributed by atoms with Gasteiger partial charge in [-0.2, -0.15) is 0 Å². The van der Waals surface area contributed by atoms with Crippen molar-refractivity contribution in [2.45, 2.75) is 6.61 Å². The quantitative estimate of drug-likeness (QED) is 0.863. The number of hydrogen-bond donors (Lipinski definition) is 2. The summed E-state index contributed by atoms with van der Waals surface area (Å²) in [7, 11) is 1.55. The minimum absolute atomic E-state index is 0.0248. The lowest BCUT2D eigenvalue weighted by Gasteiger charge is -2.07. The third kappa shape index (κ3) is 3.53. The Morgan fingerprint density at radius 3 is 2.93 bits per heavy atom. The monoisotopic (exact) mass is 273 g/mol. The van der Waals surface area contributed by atoms with Gasteiger partial charge in [-0.25, -0.2) is 0 Å². The first-order chi connectivity index (χ1) is 7.17. The van der Waals surface area contributed by atoms with Gasteiger partial charge in [-0.1, -0.05) is 15.9 Å². The highest BCUT2D eigenvalue weighted by Crippen LogP contribution is 2.22. The number of halogens is 1. The van der Waals surface area contributed by atoms with Crippen molar-refractivity contribution in [1.29, 1.82) is 0 Å². The molecule has 1 rings (SSSR count). The van der Waals surface area contributed by atoms with E-state index in [1.807, 2.05) is 0 Å². The van der Waals surface area contributed by atoms with Crippen LogP contribution in [0.1, 0.15) is 5.56 Å². The second-order valence-corrected chi connectivity index (χ2v) is 3.73. The number of ether oxygens (including phenoxy) is 1. The van der Waals surface area contributed by atoms with E-state index in [1.165, 1.54) is 0 Å². The summed E-state index contributed by atoms with van der Waals surface area (Å²) in [6, 6.07) is 5.18. The van der Waals surface area contributed by atoms with Crippen molar-refractivity contribution in [1.82, 2.24) is 5.32 Å². The van der Waals surface area contributed by atoms with E-state index in [9.17, 15) is 4.79 Å². The molecule has 0 bridgehead atoms. The molecular weight excluding hydrogens is 262 g/mol. The standard InChI is InChI=1S/C10H12BrNO3/c1-12-10(14)6-15-8-2-3-9(11)7(4-8)5-13/h2-4,13H,5-6H2,1H3,(H,12,14). The van der Waals surface area contributed by atoms with Crippen LogP contribution in [0.2, 0.25) is 0 Å². The van der Waals surface area contributed by atoms with E-state index in [1.54, 1.807) is 25.2 Å². The van der Waals surface area contributed by atoms with E-state index in [4.69, 9.17) is 9.84 Å². The highest BCUT2D eigenvalue weighted by atomic mass is 79.9. The molecule has 15 heavy (non-hydrogen) atoms. The van der Waals surface area contributed by atoms with Crippen molar-refractivity contribution in [3.05, 3.63) is 28.2 Å². The fourth-order valence-electron chi connectivity index (χ4n) is 0.983. The van der Waals surface area contributed by atoms with Gasteiger partial charge in [-0.15, -0.1) is 0 Å². The predicted octanol–water partition coefficient (Wildman–Crippen LogP) is 1.07. The zero-order chi connectivity index (χ0) is 11.3. The largest absolute Gasteiger partial charge is 0.484 e. The van der Waals surface area contributed by atoms with Gasteiger partial charge in [-0.05, 0) is 23.8 Å². The maximum atomic E-state index is 10.9. The summed E-state index contributed by atoms with van der Waals surface area (Å²) in [5, 5.41) is 11.5. The molecule has 0 radical (unpaired) electrons. The van der Waals surface area contributed by atoms with Gasteiger partial charge in [-0.3, -0.25) is 4.79 Å². The van der Waals surface area contributed by atoms with Crippen LogP contribution in [0.4, 0.5) is 0 Å². The molecule has 5 heteroatoms. The molecule has 0 unspecified atom stereocenters. The highest BCUT2D eigenvalue weighted by molar-refractivity contribution is 9.10. The Morgan fingerprint density at radius 2 is 2.33 bits per heavy atom. The topological polar surface area (TPSA) is 58.6 Å². The SMILES string of the molecule is CNC(=O)COc1ccc(Br)c(CO)c1. The lowest BCUT2D eigenvalue weighted by atomic mass is 10.2. The fraction of sp³-hybridized carbons (Fsp3) is 0.300. The van der Waals surface area contributed by atoms with Crippen LogP contribution < -0.4 is 10.1 Å². The number of carbonyl (C=O) groups is 1. The molecule has 0 spiro atoms. The van der Waals surface area contributed by atoms with Gasteiger partial charge >= 0.3 is 0 Å². The number of amides is 1. The van der Waals surface area contributed by atoms with E-state index in [2.05, 4.69) is 21.2 Å². The number of aliphatic hydroxyl groups is 1. The number of hydrogen-bond acceptors (Lipinski definition) is 3. The van der Waals surface area contributed by atoms with Crippen molar-refractivity contribution in [2.75, 3.05) is 13.7 Å². The second kappa shape index (κ2) is 5.72. The summed E-state index contributed by atoms with van der Waals surface area (Å²) < 4.78 is 6.03. The van der Waals surface area contributed by atoms with Crippen molar-refractivity contribution >= 4 is 21.8 Å². The van der Waals surface area contributed by atoms with Crippen LogP contribution in [0.3, 0.4) is 0 Å². The maximum absolute atomic E-state index is 10.9. The summed E-state index contributed by atoms with van der Waals surface area (Å²) in [4.78, 5) is 10.9. The van der Waals surface area contributed by atoms with E-state index < -0.39 is 0 Å². The molecular formula is C10H12BrNO3. The molecule has 0 atom stereocenters. The van der Waals surface area contributed by atoms with Crippen LogP contribution in [0.5, 0.6) is 5.75 Å². The Balaban J connectivity index is 2.66. The summed E-state index contributed by atoms with van der Waals surface area (Å²) in [5.74, 6) is 0.370. The first-order valence-corrected chi connectivity index (χ1v) is 5.19. The second-order valence-electron chi connectivity index (χ2n) is 2.87. The zero-order valence-corrected chi connectivity index (χ0v) is 9.87. The molecule has 0 saturated carbocycles. The molecule has 82 valence electrons. The Labute approximate surface area is 96.4 Å². The summed E-state index contributed by atoms with van der Waals surface area (Å²) in [5.41, 5.74) is 0.726. The van der Waals surface area contributed by atoms with Crippen molar-refractivity contribution in [3.63, 3.8) is 0 Å². The van der Waals surface area contributed by atoms with Crippen LogP contribution in [-0.2, 0) is 11.4 Å². The van der Waals surface area contributed by atoms with Crippen molar-refractivity contribution in [3.8, 4) is 5.75 Å². The molecule has 4 nitrogen and oxygen atoms in total. The van der Waals surface area contributed by atoms with Crippen molar-refractivity contribution in [2.24, 2.45) is 0 Å². The van der Waals surface area contributed by atoms with E-state index >= 15 is 0 Å². The Morgan fingerprint density at radius 1 is 1.60 bits per heavy atom. The van der Waals surface area contributed by atoms with E-state index in [0.717, 1.165) is 10.0 Å². The maximum Gasteiger partial charge on any atom is 0.257 e. The van der Waals surface area contributed by atoms with E-state index in [0.29, 0.717) is 5.75 Å². The predicted molar refractivity (Wildman–Crippen MR) is 59.6 cm³/mol. The normalized spacial score (nSPS) is 9.80. The zero-order valence-electron chi connectivity index (χ0n) is 8.29. The summed E-state index contributed by atoms with van der Waals surface area (Å²) >= 11 is 3.29. The molecule has 0 saturated heterocycles. The van der Waals surface area contributed by atoms with E-state index in [-0.39, 0.29) is 19.1 Å². The number of aliphatic hydroxyl groups excluding tert-OH is 1. The molecule has 0 aromatic heterocycles. The molecule has 2 N–H and O–H groups in total. The average Bonchev–Trinajstić information content (AvgIpc) is 2.27. The highest BCUT2D eigenvalue weighted by Gasteiger charge is 2.03. The molecule has 0 heterocycles. The van der Waals surface area contributed by atoms with Gasteiger partial charge in [0, 0.05) is 11.5 Å². The number of carbonyl (C=O) groups excluding carboxylic acids is 1. The fourth-order valence-corrected chi connectivity index (χ4v) is 1.36. The van der Waals surface area contributed by atoms with Crippen LogP contribution in [0, 0.1) is 0 Å². The van der Waals surface area contributed by atoms with Gasteiger partial charge in [0.25, 0.3) is 5.91 Å². The smallest absolute Gasteiger partial charge is 0.257 e. The van der Waals surface area contributed by atoms with Gasteiger partial charge < -0.3 is 15.2 Å². The minimum atomic E-state index is -0.191. The molecule has 0 aliphatic rings. The number of benzene rings is 1. The minimum Gasteiger partial charge on any atom is -0.484 e. The molecule has 0 aliphatic carbocycles. The number of nitrogens with one attached hydrogen (secondary N) is 1. The number of rotatable bonds is 4. The summed E-state index contributed by atoms with van der Waals surface area (Å²) in [6.07, 6.45) is 0. The lowest BCUT2D eigenvalue weighted by molar-refractivity contribution is -0.122. The Kier molecular flexibility index (Phi) is 4.58.